The van der Waals surface area contributed by atoms with Gasteiger partial charge in [0.1, 0.15) is 6.61 Å². The minimum atomic E-state index is -0.947. The predicted molar refractivity (Wildman–Crippen MR) is 60.9 cm³/mol. The van der Waals surface area contributed by atoms with Crippen LogP contribution in [-0.4, -0.2) is 54.9 Å². The summed E-state index contributed by atoms with van der Waals surface area (Å²) in [5.41, 5.74) is 0. The van der Waals surface area contributed by atoms with Crippen molar-refractivity contribution in [3.8, 4) is 0 Å². The standard InChI is InChI=1S/C11H20O7/c1-8(6-12)18-11(16-2)7-17-10(15)5-3-4-9(13)14/h8,11-12H,3-7H2,1-2H3,(H,13,14). The largest absolute Gasteiger partial charge is 0.481 e. The summed E-state index contributed by atoms with van der Waals surface area (Å²) in [5, 5.41) is 17.2. The van der Waals surface area contributed by atoms with Crippen molar-refractivity contribution in [3.05, 3.63) is 0 Å². The van der Waals surface area contributed by atoms with Crippen LogP contribution in [0, 0.1) is 0 Å². The number of aliphatic hydroxyl groups excluding tert-OH is 1. The minimum absolute atomic E-state index is 0.0400. The van der Waals surface area contributed by atoms with Gasteiger partial charge in [0.05, 0.1) is 12.7 Å². The van der Waals surface area contributed by atoms with Gasteiger partial charge in [0.25, 0.3) is 0 Å². The van der Waals surface area contributed by atoms with Gasteiger partial charge in [-0.25, -0.2) is 0 Å². The third-order valence-corrected chi connectivity index (χ3v) is 2.06. The normalized spacial score (nSPS) is 13.9. The van der Waals surface area contributed by atoms with E-state index in [1.165, 1.54) is 7.11 Å². The van der Waals surface area contributed by atoms with Crippen molar-refractivity contribution in [2.24, 2.45) is 0 Å². The Kier molecular flexibility index (Phi) is 9.17. The highest BCUT2D eigenvalue weighted by molar-refractivity contribution is 5.71. The molecule has 0 bridgehead atoms. The summed E-state index contributed by atoms with van der Waals surface area (Å²) in [5.74, 6) is -1.45. The van der Waals surface area contributed by atoms with Crippen LogP contribution in [0.2, 0.25) is 0 Å². The molecule has 0 aliphatic rings. The molecule has 0 saturated heterocycles. The number of ether oxygens (including phenoxy) is 3. The average molecular weight is 264 g/mol. The lowest BCUT2D eigenvalue weighted by Gasteiger charge is -2.19. The Balaban J connectivity index is 3.76. The van der Waals surface area contributed by atoms with Gasteiger partial charge in [-0.2, -0.15) is 0 Å². The fraction of sp³-hybridized carbons (Fsp3) is 0.818. The maximum Gasteiger partial charge on any atom is 0.305 e. The second-order valence-corrected chi connectivity index (χ2v) is 3.72. The quantitative estimate of drug-likeness (QED) is 0.428. The number of carbonyl (C=O) groups excluding carboxylic acids is 1. The Morgan fingerprint density at radius 3 is 2.44 bits per heavy atom. The molecule has 0 aromatic carbocycles. The van der Waals surface area contributed by atoms with Gasteiger partial charge in [-0.3, -0.25) is 9.59 Å². The summed E-state index contributed by atoms with van der Waals surface area (Å²) in [6.45, 7) is 1.40. The Bertz CT molecular complexity index is 254. The summed E-state index contributed by atoms with van der Waals surface area (Å²) in [6, 6.07) is 0. The van der Waals surface area contributed by atoms with Gasteiger partial charge in [0, 0.05) is 20.0 Å². The monoisotopic (exact) mass is 264 g/mol. The van der Waals surface area contributed by atoms with Crippen molar-refractivity contribution in [1.82, 2.24) is 0 Å². The van der Waals surface area contributed by atoms with E-state index in [1.807, 2.05) is 0 Å². The first-order valence-electron chi connectivity index (χ1n) is 5.66. The molecule has 2 atom stereocenters. The number of carboxylic acids is 1. The lowest BCUT2D eigenvalue weighted by molar-refractivity contribution is -0.191. The number of rotatable bonds is 10. The zero-order valence-corrected chi connectivity index (χ0v) is 10.6. The molecule has 0 spiro atoms. The zero-order chi connectivity index (χ0) is 14.0. The van der Waals surface area contributed by atoms with Crippen LogP contribution in [0.3, 0.4) is 0 Å². The SMILES string of the molecule is COC(COC(=O)CCCC(=O)O)OC(C)CO. The van der Waals surface area contributed by atoms with Gasteiger partial charge >= 0.3 is 11.9 Å². The first kappa shape index (κ1) is 16.8. The third kappa shape index (κ3) is 8.91. The van der Waals surface area contributed by atoms with Crippen molar-refractivity contribution in [1.29, 1.82) is 0 Å². The van der Waals surface area contributed by atoms with Crippen LogP contribution in [0.1, 0.15) is 26.2 Å². The number of aliphatic carboxylic acids is 1. The number of methoxy groups -OCH3 is 1. The zero-order valence-electron chi connectivity index (χ0n) is 10.6. The van der Waals surface area contributed by atoms with Crippen molar-refractivity contribution < 1.29 is 34.0 Å². The molecule has 0 radical (unpaired) electrons. The van der Waals surface area contributed by atoms with Crippen molar-refractivity contribution in [3.63, 3.8) is 0 Å². The van der Waals surface area contributed by atoms with E-state index in [4.69, 9.17) is 24.4 Å². The van der Waals surface area contributed by atoms with Crippen LogP contribution in [0.15, 0.2) is 0 Å². The molecule has 0 saturated carbocycles. The van der Waals surface area contributed by atoms with Gasteiger partial charge in [-0.1, -0.05) is 0 Å². The van der Waals surface area contributed by atoms with E-state index < -0.39 is 24.3 Å². The summed E-state index contributed by atoms with van der Waals surface area (Å²) in [6.07, 6.45) is -0.949. The molecule has 0 aromatic heterocycles. The van der Waals surface area contributed by atoms with Crippen molar-refractivity contribution in [2.45, 2.75) is 38.6 Å². The van der Waals surface area contributed by atoms with E-state index in [9.17, 15) is 9.59 Å². The average Bonchev–Trinajstić information content (AvgIpc) is 2.33. The smallest absolute Gasteiger partial charge is 0.305 e. The molecule has 0 aromatic rings. The second-order valence-electron chi connectivity index (χ2n) is 3.72. The molecular weight excluding hydrogens is 244 g/mol. The highest BCUT2D eigenvalue weighted by Gasteiger charge is 2.14. The van der Waals surface area contributed by atoms with E-state index in [0.29, 0.717) is 0 Å². The number of carboxylic acid groups (broad SMARTS) is 1. The lowest BCUT2D eigenvalue weighted by atomic mass is 10.2. The Hall–Kier alpha value is -1.18. The lowest BCUT2D eigenvalue weighted by Crippen LogP contribution is -2.29. The van der Waals surface area contributed by atoms with Crippen LogP contribution >= 0.6 is 0 Å². The van der Waals surface area contributed by atoms with Crippen LogP contribution in [0.5, 0.6) is 0 Å². The van der Waals surface area contributed by atoms with E-state index in [-0.39, 0.29) is 32.5 Å². The van der Waals surface area contributed by atoms with Crippen LogP contribution in [0.4, 0.5) is 0 Å². The maximum atomic E-state index is 11.2. The summed E-state index contributed by atoms with van der Waals surface area (Å²) in [4.78, 5) is 21.5. The molecule has 7 heteroatoms. The van der Waals surface area contributed by atoms with E-state index in [2.05, 4.69) is 0 Å². The predicted octanol–water partition coefficient (Wildman–Crippen LogP) is 0.154. The molecule has 0 fully saturated rings. The molecule has 7 nitrogen and oxygen atoms in total. The van der Waals surface area contributed by atoms with Gasteiger partial charge in [-0.05, 0) is 13.3 Å². The van der Waals surface area contributed by atoms with Gasteiger partial charge in [0.15, 0.2) is 6.29 Å². The van der Waals surface area contributed by atoms with Gasteiger partial charge in [0.2, 0.25) is 0 Å². The molecule has 106 valence electrons. The molecule has 0 rings (SSSR count). The highest BCUT2D eigenvalue weighted by atomic mass is 16.7. The van der Waals surface area contributed by atoms with Gasteiger partial charge < -0.3 is 24.4 Å². The Morgan fingerprint density at radius 2 is 1.94 bits per heavy atom. The molecule has 2 unspecified atom stereocenters. The first-order valence-corrected chi connectivity index (χ1v) is 5.66. The van der Waals surface area contributed by atoms with Crippen LogP contribution in [-0.2, 0) is 23.8 Å². The summed E-state index contributed by atoms with van der Waals surface area (Å²) < 4.78 is 15.0. The molecule has 2 N–H and O–H groups in total. The topological polar surface area (TPSA) is 102 Å². The maximum absolute atomic E-state index is 11.2. The molecular formula is C11H20O7. The summed E-state index contributed by atoms with van der Waals surface area (Å²) in [7, 11) is 1.40. The third-order valence-electron chi connectivity index (χ3n) is 2.06. The molecule has 18 heavy (non-hydrogen) atoms. The molecule has 0 heterocycles. The number of carbonyl (C=O) groups is 2. The number of aliphatic hydroxyl groups is 1. The van der Waals surface area contributed by atoms with Crippen LogP contribution < -0.4 is 0 Å². The molecule has 0 aliphatic carbocycles. The highest BCUT2D eigenvalue weighted by Crippen LogP contribution is 2.03. The van der Waals surface area contributed by atoms with E-state index in [0.717, 1.165) is 0 Å². The van der Waals surface area contributed by atoms with E-state index in [1.54, 1.807) is 6.92 Å². The second kappa shape index (κ2) is 9.81. The van der Waals surface area contributed by atoms with Crippen molar-refractivity contribution >= 4 is 11.9 Å². The van der Waals surface area contributed by atoms with Crippen LogP contribution in [0.25, 0.3) is 0 Å². The number of hydrogen-bond donors (Lipinski definition) is 2. The van der Waals surface area contributed by atoms with E-state index >= 15 is 0 Å². The fourth-order valence-corrected chi connectivity index (χ4v) is 1.08. The fourth-order valence-electron chi connectivity index (χ4n) is 1.08. The van der Waals surface area contributed by atoms with Gasteiger partial charge in [-0.15, -0.1) is 0 Å². The molecule has 0 aliphatic heterocycles. The minimum Gasteiger partial charge on any atom is -0.481 e. The summed E-state index contributed by atoms with van der Waals surface area (Å²) >= 11 is 0. The molecule has 0 amide bonds. The first-order chi connectivity index (χ1) is 8.49. The Labute approximate surface area is 106 Å². The number of esters is 1. The Morgan fingerprint density at radius 1 is 1.28 bits per heavy atom. The number of hydrogen-bond acceptors (Lipinski definition) is 6. The van der Waals surface area contributed by atoms with Crippen molar-refractivity contribution in [2.75, 3.05) is 20.3 Å².